The van der Waals surface area contributed by atoms with E-state index in [9.17, 15) is 9.18 Å². The van der Waals surface area contributed by atoms with E-state index in [1.54, 1.807) is 17.2 Å². The molecule has 3 rings (SSSR count). The molecule has 1 aliphatic rings. The average Bonchev–Trinajstić information content (AvgIpc) is 2.75. The van der Waals surface area contributed by atoms with Crippen molar-refractivity contribution in [3.05, 3.63) is 66.4 Å². The van der Waals surface area contributed by atoms with E-state index in [1.807, 2.05) is 12.1 Å². The Morgan fingerprint density at radius 1 is 1.35 bits per heavy atom. The van der Waals surface area contributed by atoms with Crippen LogP contribution >= 0.6 is 0 Å². The Balaban J connectivity index is 1.91. The Labute approximate surface area is 134 Å². The third kappa shape index (κ3) is 3.06. The second-order valence-electron chi connectivity index (χ2n) is 5.30. The van der Waals surface area contributed by atoms with Crippen molar-refractivity contribution in [3.8, 4) is 0 Å². The van der Waals surface area contributed by atoms with Crippen LogP contribution in [0.15, 0.2) is 49.4 Å². The quantitative estimate of drug-likeness (QED) is 0.816. The van der Waals surface area contributed by atoms with Crippen molar-refractivity contribution in [1.82, 2.24) is 14.9 Å². The standard InChI is InChI=1S/C17H17FN4O/c1-2-8-21-9-10-22(12-13-4-3-6-20-16(13)21)17(23)14-5-7-19-11-15(14)18/h2-7,11H,1,8-10,12H2. The van der Waals surface area contributed by atoms with Crippen LogP contribution in [0.1, 0.15) is 15.9 Å². The Morgan fingerprint density at radius 2 is 2.22 bits per heavy atom. The van der Waals surface area contributed by atoms with E-state index in [2.05, 4.69) is 21.4 Å². The molecular formula is C17H17FN4O. The highest BCUT2D eigenvalue weighted by molar-refractivity contribution is 5.94. The summed E-state index contributed by atoms with van der Waals surface area (Å²) in [5.74, 6) is -0.0887. The number of carbonyl (C=O) groups is 1. The van der Waals surface area contributed by atoms with E-state index in [0.717, 1.165) is 17.6 Å². The van der Waals surface area contributed by atoms with E-state index >= 15 is 0 Å². The fraction of sp³-hybridized carbons (Fsp3) is 0.235. The lowest BCUT2D eigenvalue weighted by molar-refractivity contribution is 0.0746. The molecule has 0 radical (unpaired) electrons. The molecule has 0 unspecified atom stereocenters. The van der Waals surface area contributed by atoms with E-state index < -0.39 is 5.82 Å². The third-order valence-electron chi connectivity index (χ3n) is 3.81. The van der Waals surface area contributed by atoms with Crippen LogP contribution < -0.4 is 4.90 Å². The minimum absolute atomic E-state index is 0.0441. The molecule has 0 aliphatic carbocycles. The Morgan fingerprint density at radius 3 is 3.00 bits per heavy atom. The molecule has 0 atom stereocenters. The predicted octanol–water partition coefficient (Wildman–Crippen LogP) is 2.26. The topological polar surface area (TPSA) is 49.3 Å². The third-order valence-corrected chi connectivity index (χ3v) is 3.81. The second-order valence-corrected chi connectivity index (χ2v) is 5.30. The lowest BCUT2D eigenvalue weighted by Gasteiger charge is -2.22. The van der Waals surface area contributed by atoms with Gasteiger partial charge in [0, 0.05) is 44.1 Å². The maximum Gasteiger partial charge on any atom is 0.257 e. The first kappa shape index (κ1) is 15.1. The molecule has 6 heteroatoms. The zero-order chi connectivity index (χ0) is 16.2. The summed E-state index contributed by atoms with van der Waals surface area (Å²) in [5.41, 5.74) is 0.984. The zero-order valence-corrected chi connectivity index (χ0v) is 12.7. The van der Waals surface area contributed by atoms with Crippen LogP contribution in [0, 0.1) is 5.82 Å². The molecule has 0 spiro atoms. The van der Waals surface area contributed by atoms with Gasteiger partial charge in [-0.1, -0.05) is 12.1 Å². The molecule has 2 aromatic heterocycles. The number of rotatable bonds is 3. The van der Waals surface area contributed by atoms with E-state index in [1.165, 1.54) is 12.3 Å². The van der Waals surface area contributed by atoms with Crippen LogP contribution in [-0.4, -0.2) is 40.4 Å². The van der Waals surface area contributed by atoms with Crippen LogP contribution in [0.25, 0.3) is 0 Å². The normalized spacial score (nSPS) is 14.1. The van der Waals surface area contributed by atoms with Gasteiger partial charge < -0.3 is 9.80 Å². The number of amides is 1. The van der Waals surface area contributed by atoms with Crippen LogP contribution in [0.3, 0.4) is 0 Å². The molecule has 1 aliphatic heterocycles. The maximum absolute atomic E-state index is 13.8. The SMILES string of the molecule is C=CCN1CCN(C(=O)c2ccncc2F)Cc2cccnc21. The second kappa shape index (κ2) is 6.56. The molecule has 3 heterocycles. The highest BCUT2D eigenvalue weighted by atomic mass is 19.1. The molecule has 0 saturated carbocycles. The maximum atomic E-state index is 13.8. The fourth-order valence-electron chi connectivity index (χ4n) is 2.70. The van der Waals surface area contributed by atoms with E-state index in [-0.39, 0.29) is 11.5 Å². The summed E-state index contributed by atoms with van der Waals surface area (Å²) in [6.45, 7) is 5.92. The van der Waals surface area contributed by atoms with Crippen LogP contribution in [0.4, 0.5) is 10.2 Å². The number of nitrogens with zero attached hydrogens (tertiary/aromatic N) is 4. The lowest BCUT2D eigenvalue weighted by atomic mass is 10.2. The van der Waals surface area contributed by atoms with Gasteiger partial charge in [0.2, 0.25) is 0 Å². The van der Waals surface area contributed by atoms with Gasteiger partial charge in [0.05, 0.1) is 11.8 Å². The Kier molecular flexibility index (Phi) is 4.32. The first-order valence-corrected chi connectivity index (χ1v) is 7.39. The Bertz CT molecular complexity index is 734. The van der Waals surface area contributed by atoms with Crippen LogP contribution in [0.5, 0.6) is 0 Å². The highest BCUT2D eigenvalue weighted by Gasteiger charge is 2.25. The zero-order valence-electron chi connectivity index (χ0n) is 12.7. The monoisotopic (exact) mass is 312 g/mol. The average molecular weight is 312 g/mol. The van der Waals surface area contributed by atoms with Crippen molar-refractivity contribution < 1.29 is 9.18 Å². The van der Waals surface area contributed by atoms with Gasteiger partial charge in [0.25, 0.3) is 5.91 Å². The smallest absolute Gasteiger partial charge is 0.257 e. The van der Waals surface area contributed by atoms with Crippen LogP contribution in [-0.2, 0) is 6.54 Å². The van der Waals surface area contributed by atoms with Crippen molar-refractivity contribution in [2.45, 2.75) is 6.54 Å². The van der Waals surface area contributed by atoms with E-state index in [4.69, 9.17) is 0 Å². The molecule has 0 aromatic carbocycles. The minimum Gasteiger partial charge on any atom is -0.351 e. The van der Waals surface area contributed by atoms with Crippen molar-refractivity contribution in [1.29, 1.82) is 0 Å². The molecule has 23 heavy (non-hydrogen) atoms. The molecule has 0 bridgehead atoms. The number of pyridine rings is 2. The number of hydrogen-bond acceptors (Lipinski definition) is 4. The molecule has 2 aromatic rings. The van der Waals surface area contributed by atoms with Crippen molar-refractivity contribution in [2.24, 2.45) is 0 Å². The van der Waals surface area contributed by atoms with Gasteiger partial charge in [0.1, 0.15) is 5.82 Å². The largest absolute Gasteiger partial charge is 0.351 e. The lowest BCUT2D eigenvalue weighted by Crippen LogP contribution is -2.36. The molecule has 118 valence electrons. The number of anilines is 1. The predicted molar refractivity (Wildman–Crippen MR) is 85.6 cm³/mol. The number of aromatic nitrogens is 2. The van der Waals surface area contributed by atoms with Crippen molar-refractivity contribution in [2.75, 3.05) is 24.5 Å². The molecule has 5 nitrogen and oxygen atoms in total. The van der Waals surface area contributed by atoms with Gasteiger partial charge in [-0.15, -0.1) is 6.58 Å². The molecule has 0 fully saturated rings. The van der Waals surface area contributed by atoms with Gasteiger partial charge in [-0.3, -0.25) is 9.78 Å². The summed E-state index contributed by atoms with van der Waals surface area (Å²) in [6.07, 6.45) is 6.02. The van der Waals surface area contributed by atoms with Gasteiger partial charge in [-0.25, -0.2) is 9.37 Å². The molecule has 0 N–H and O–H groups in total. The van der Waals surface area contributed by atoms with E-state index in [0.29, 0.717) is 26.2 Å². The summed E-state index contributed by atoms with van der Waals surface area (Å²) < 4.78 is 13.8. The summed E-state index contributed by atoms with van der Waals surface area (Å²) >= 11 is 0. The van der Waals surface area contributed by atoms with Crippen molar-refractivity contribution >= 4 is 11.7 Å². The fourth-order valence-corrected chi connectivity index (χ4v) is 2.70. The first-order chi connectivity index (χ1) is 11.2. The number of hydrogen-bond donors (Lipinski definition) is 0. The number of fused-ring (bicyclic) bond motifs is 1. The molecule has 0 saturated heterocycles. The molecular weight excluding hydrogens is 295 g/mol. The van der Waals surface area contributed by atoms with Gasteiger partial charge in [0.15, 0.2) is 5.82 Å². The highest BCUT2D eigenvalue weighted by Crippen LogP contribution is 2.23. The van der Waals surface area contributed by atoms with Gasteiger partial charge >= 0.3 is 0 Å². The number of halogens is 1. The first-order valence-electron chi connectivity index (χ1n) is 7.39. The summed E-state index contributed by atoms with van der Waals surface area (Å²) in [4.78, 5) is 24.5. The van der Waals surface area contributed by atoms with Crippen LogP contribution in [0.2, 0.25) is 0 Å². The summed E-state index contributed by atoms with van der Waals surface area (Å²) in [7, 11) is 0. The summed E-state index contributed by atoms with van der Waals surface area (Å²) in [5, 5.41) is 0. The Hall–Kier alpha value is -2.76. The van der Waals surface area contributed by atoms with Crippen molar-refractivity contribution in [3.63, 3.8) is 0 Å². The van der Waals surface area contributed by atoms with Gasteiger partial charge in [-0.05, 0) is 12.1 Å². The number of carbonyl (C=O) groups excluding carboxylic acids is 1. The van der Waals surface area contributed by atoms with Gasteiger partial charge in [-0.2, -0.15) is 0 Å². The minimum atomic E-state index is -0.601. The summed E-state index contributed by atoms with van der Waals surface area (Å²) in [6, 6.07) is 5.19. The molecule has 1 amide bonds.